The normalized spacial score (nSPS) is 21.7. The van der Waals surface area contributed by atoms with E-state index in [-0.39, 0.29) is 47.4 Å². The first-order valence-electron chi connectivity index (χ1n) is 9.00. The van der Waals surface area contributed by atoms with Crippen molar-refractivity contribution in [1.82, 2.24) is 24.5 Å². The molecule has 4 heterocycles. The van der Waals surface area contributed by atoms with Crippen LogP contribution in [0.25, 0.3) is 16.6 Å². The number of nitrogens with zero attached hydrogens (tertiary/aromatic N) is 5. The lowest BCUT2D eigenvalue weighted by molar-refractivity contribution is -0.286. The largest absolute Gasteiger partial charge is 0.586 e. The zero-order chi connectivity index (χ0) is 20.6. The highest BCUT2D eigenvalue weighted by Gasteiger charge is 2.45. The van der Waals surface area contributed by atoms with Crippen LogP contribution >= 0.6 is 0 Å². The first-order valence-corrected chi connectivity index (χ1v) is 9.00. The topological polar surface area (TPSA) is 90.8 Å². The summed E-state index contributed by atoms with van der Waals surface area (Å²) in [5.41, 5.74) is 6.27. The molecule has 29 heavy (non-hydrogen) atoms. The van der Waals surface area contributed by atoms with E-state index in [4.69, 9.17) is 5.73 Å². The molecule has 154 valence electrons. The Morgan fingerprint density at radius 1 is 1.17 bits per heavy atom. The molecule has 0 radical (unpaired) electrons. The van der Waals surface area contributed by atoms with Gasteiger partial charge in [0.25, 0.3) is 5.92 Å². The number of nitrogens with two attached hydrogens (primary N) is 1. The van der Waals surface area contributed by atoms with Gasteiger partial charge < -0.3 is 15.2 Å². The summed E-state index contributed by atoms with van der Waals surface area (Å²) in [7, 11) is 0. The molecule has 1 fully saturated rings. The minimum Gasteiger partial charge on any atom is -0.395 e. The first-order chi connectivity index (χ1) is 13.6. The first kappa shape index (κ1) is 18.2. The van der Waals surface area contributed by atoms with Crippen molar-refractivity contribution in [2.75, 3.05) is 18.8 Å². The molecule has 0 saturated carbocycles. The number of hydrogen-bond donors (Lipinski definition) is 1. The Balaban J connectivity index is 1.60. The molecule has 0 unspecified atom stereocenters. The highest BCUT2D eigenvalue weighted by atomic mass is 19.3. The summed E-state index contributed by atoms with van der Waals surface area (Å²) >= 11 is 0. The van der Waals surface area contributed by atoms with E-state index in [1.807, 2.05) is 0 Å². The van der Waals surface area contributed by atoms with E-state index >= 15 is 0 Å². The molecule has 2 aliphatic heterocycles. The number of piperidine rings is 1. The van der Waals surface area contributed by atoms with Crippen LogP contribution in [0, 0.1) is 0 Å². The van der Waals surface area contributed by atoms with Crippen LogP contribution in [0.5, 0.6) is 11.5 Å². The van der Waals surface area contributed by atoms with Crippen LogP contribution < -0.4 is 15.2 Å². The third-order valence-corrected chi connectivity index (χ3v) is 5.20. The number of fused-ring (bicyclic) bond motifs is 5. The molecule has 5 rings (SSSR count). The van der Waals surface area contributed by atoms with Gasteiger partial charge in [0.2, 0.25) is 5.95 Å². The molecule has 0 bridgehead atoms. The molecule has 0 aliphatic carbocycles. The van der Waals surface area contributed by atoms with Crippen LogP contribution in [-0.2, 0) is 0 Å². The maximum absolute atomic E-state index is 13.8. The number of likely N-dealkylation sites (tertiary alicyclic amines) is 1. The summed E-state index contributed by atoms with van der Waals surface area (Å²) in [6.45, 7) is 1.84. The SMILES string of the molecule is C[C@@H](c1nc2c3ccc4c(c3nc(N)n2n1)OC(F)(F)O4)N1CCCC(F)(F)C1. The lowest BCUT2D eigenvalue weighted by atomic mass is 10.1. The van der Waals surface area contributed by atoms with E-state index < -0.39 is 18.3 Å². The standard InChI is InChI=1S/C17H16F4N6O2/c1-8(26-6-2-5-16(18,19)7-26)13-24-14-9-3-4-10-12(29-17(20,21)28-10)11(9)23-15(22)27(14)25-13/h3-4,8H,2,5-7H2,1H3,(H2,22,23)/t8-/m0/s1. The Labute approximate surface area is 161 Å². The number of hydrogen-bond acceptors (Lipinski definition) is 7. The summed E-state index contributed by atoms with van der Waals surface area (Å²) in [5, 5.41) is 4.69. The molecule has 12 heteroatoms. The van der Waals surface area contributed by atoms with Crippen LogP contribution in [0.2, 0.25) is 0 Å². The quantitative estimate of drug-likeness (QED) is 0.647. The van der Waals surface area contributed by atoms with E-state index in [0.717, 1.165) is 0 Å². The third-order valence-electron chi connectivity index (χ3n) is 5.20. The van der Waals surface area contributed by atoms with E-state index in [1.165, 1.54) is 16.6 Å². The van der Waals surface area contributed by atoms with Crippen LogP contribution in [0.4, 0.5) is 23.5 Å². The van der Waals surface area contributed by atoms with Gasteiger partial charge in [-0.25, -0.2) is 18.7 Å². The predicted octanol–water partition coefficient (Wildman–Crippen LogP) is 2.97. The van der Waals surface area contributed by atoms with Crippen molar-refractivity contribution in [3.05, 3.63) is 18.0 Å². The average Bonchev–Trinajstić information content (AvgIpc) is 3.21. The molecule has 8 nitrogen and oxygen atoms in total. The molecule has 1 aromatic carbocycles. The number of rotatable bonds is 2. The number of alkyl halides is 4. The summed E-state index contributed by atoms with van der Waals surface area (Å²) in [6, 6.07) is 2.33. The molecule has 1 atom stereocenters. The minimum absolute atomic E-state index is 0.0563. The monoisotopic (exact) mass is 412 g/mol. The highest BCUT2D eigenvalue weighted by Crippen LogP contribution is 2.45. The highest BCUT2D eigenvalue weighted by molar-refractivity contribution is 5.97. The molecule has 2 aromatic heterocycles. The zero-order valence-corrected chi connectivity index (χ0v) is 15.2. The number of aromatic nitrogens is 4. The van der Waals surface area contributed by atoms with Crippen molar-refractivity contribution < 1.29 is 27.0 Å². The molecule has 0 amide bonds. The van der Waals surface area contributed by atoms with Crippen molar-refractivity contribution in [1.29, 1.82) is 0 Å². The Morgan fingerprint density at radius 3 is 2.72 bits per heavy atom. The molecule has 2 aliphatic rings. The van der Waals surface area contributed by atoms with Crippen molar-refractivity contribution in [3.63, 3.8) is 0 Å². The summed E-state index contributed by atoms with van der Waals surface area (Å²) < 4.78 is 64.8. The van der Waals surface area contributed by atoms with Gasteiger partial charge in [-0.2, -0.15) is 4.52 Å². The molecular weight excluding hydrogens is 396 g/mol. The fourth-order valence-electron chi connectivity index (χ4n) is 3.78. The maximum atomic E-state index is 13.8. The van der Waals surface area contributed by atoms with Crippen LogP contribution in [0.15, 0.2) is 12.1 Å². The van der Waals surface area contributed by atoms with Crippen molar-refractivity contribution in [3.8, 4) is 11.5 Å². The van der Waals surface area contributed by atoms with Crippen LogP contribution in [0.3, 0.4) is 0 Å². The smallest absolute Gasteiger partial charge is 0.395 e. The van der Waals surface area contributed by atoms with E-state index in [1.54, 1.807) is 11.8 Å². The maximum Gasteiger partial charge on any atom is 0.586 e. The number of benzene rings is 1. The lowest BCUT2D eigenvalue weighted by Gasteiger charge is -2.35. The predicted molar refractivity (Wildman–Crippen MR) is 93.1 cm³/mol. The number of ether oxygens (including phenoxy) is 2. The second-order valence-electron chi connectivity index (χ2n) is 7.24. The van der Waals surface area contributed by atoms with Gasteiger partial charge in [-0.15, -0.1) is 13.9 Å². The van der Waals surface area contributed by atoms with Crippen LogP contribution in [0.1, 0.15) is 31.6 Å². The minimum atomic E-state index is -3.80. The molecule has 1 saturated heterocycles. The van der Waals surface area contributed by atoms with E-state index in [2.05, 4.69) is 24.5 Å². The van der Waals surface area contributed by atoms with Gasteiger partial charge >= 0.3 is 6.29 Å². The fourth-order valence-corrected chi connectivity index (χ4v) is 3.78. The Kier molecular flexibility index (Phi) is 3.64. The fraction of sp³-hybridized carbons (Fsp3) is 0.471. The molecule has 0 spiro atoms. The average molecular weight is 412 g/mol. The van der Waals surface area contributed by atoms with Gasteiger partial charge in [0.1, 0.15) is 5.52 Å². The van der Waals surface area contributed by atoms with Gasteiger partial charge in [0.05, 0.1) is 12.6 Å². The second kappa shape index (κ2) is 5.81. The van der Waals surface area contributed by atoms with Gasteiger partial charge in [-0.3, -0.25) is 4.90 Å². The van der Waals surface area contributed by atoms with Crippen molar-refractivity contribution >= 4 is 22.5 Å². The van der Waals surface area contributed by atoms with E-state index in [0.29, 0.717) is 18.4 Å². The molecule has 2 N–H and O–H groups in total. The number of anilines is 1. The number of nitrogen functional groups attached to an aromatic ring is 1. The van der Waals surface area contributed by atoms with Gasteiger partial charge in [0.15, 0.2) is 23.0 Å². The van der Waals surface area contributed by atoms with E-state index in [9.17, 15) is 17.6 Å². The van der Waals surface area contributed by atoms with Crippen LogP contribution in [-0.4, -0.2) is 49.8 Å². The molecule has 3 aromatic rings. The second-order valence-corrected chi connectivity index (χ2v) is 7.24. The molecular formula is C17H16F4N6O2. The lowest BCUT2D eigenvalue weighted by Crippen LogP contribution is -2.43. The summed E-state index contributed by atoms with van der Waals surface area (Å²) in [5.74, 6) is -2.99. The zero-order valence-electron chi connectivity index (χ0n) is 15.2. The Morgan fingerprint density at radius 2 is 1.97 bits per heavy atom. The summed E-state index contributed by atoms with van der Waals surface area (Å²) in [4.78, 5) is 10.2. The van der Waals surface area contributed by atoms with Crippen molar-refractivity contribution in [2.24, 2.45) is 0 Å². The Hall–Kier alpha value is -2.89. The number of halogens is 4. The van der Waals surface area contributed by atoms with Gasteiger partial charge in [-0.1, -0.05) is 0 Å². The summed E-state index contributed by atoms with van der Waals surface area (Å²) in [6.07, 6.45) is -3.57. The van der Waals surface area contributed by atoms with Gasteiger partial charge in [0, 0.05) is 11.8 Å². The Bertz CT molecular complexity index is 1130. The van der Waals surface area contributed by atoms with Gasteiger partial charge in [-0.05, 0) is 32.0 Å². The third kappa shape index (κ3) is 2.89. The van der Waals surface area contributed by atoms with Crippen molar-refractivity contribution in [2.45, 2.75) is 38.0 Å².